The van der Waals surface area contributed by atoms with Gasteiger partial charge >= 0.3 is 5.97 Å². The number of hydrogen-bond acceptors (Lipinski definition) is 3. The van der Waals surface area contributed by atoms with Gasteiger partial charge in [-0.25, -0.2) is 0 Å². The van der Waals surface area contributed by atoms with Crippen molar-refractivity contribution in [3.63, 3.8) is 0 Å². The highest BCUT2D eigenvalue weighted by Crippen LogP contribution is 2.19. The molecule has 0 fully saturated rings. The Morgan fingerprint density at radius 3 is 2.76 bits per heavy atom. The second-order valence-electron chi connectivity index (χ2n) is 4.54. The van der Waals surface area contributed by atoms with Gasteiger partial charge in [-0.05, 0) is 37.7 Å². The fraction of sp³-hybridized carbons (Fsp3) is 0.714. The lowest BCUT2D eigenvalue weighted by Gasteiger charge is -2.11. The number of hydrogen-bond donors (Lipinski definition) is 0. The van der Waals surface area contributed by atoms with Crippen LogP contribution < -0.4 is 0 Å². The average Bonchev–Trinajstić information content (AvgIpc) is 2.35. The van der Waals surface area contributed by atoms with Crippen LogP contribution in [0.1, 0.15) is 57.8 Å². The van der Waals surface area contributed by atoms with Crippen molar-refractivity contribution in [1.82, 2.24) is 0 Å². The Bertz CT molecular complexity index is 292. The standard InChI is InChI=1S/C14H22O3/c1-17-14(16)11-5-3-2-4-8-12-9-6-7-10-13(12)15/h9H,2-8,10-11H2,1H3. The number of esters is 1. The van der Waals surface area contributed by atoms with Crippen LogP contribution in [0.25, 0.3) is 0 Å². The van der Waals surface area contributed by atoms with Gasteiger partial charge in [0.1, 0.15) is 0 Å². The quantitative estimate of drug-likeness (QED) is 0.505. The molecule has 0 aliphatic heterocycles. The predicted molar refractivity (Wildman–Crippen MR) is 66.7 cm³/mol. The van der Waals surface area contributed by atoms with E-state index in [1.807, 2.05) is 0 Å². The Hall–Kier alpha value is -1.12. The summed E-state index contributed by atoms with van der Waals surface area (Å²) in [6, 6.07) is 0. The van der Waals surface area contributed by atoms with Gasteiger partial charge in [-0.1, -0.05) is 18.9 Å². The van der Waals surface area contributed by atoms with Gasteiger partial charge in [-0.15, -0.1) is 0 Å². The molecule has 0 N–H and O–H groups in total. The Labute approximate surface area is 103 Å². The SMILES string of the molecule is COC(=O)CCCCCCC1=CCCCC1=O. The van der Waals surface area contributed by atoms with E-state index in [9.17, 15) is 9.59 Å². The number of ketones is 1. The van der Waals surface area contributed by atoms with Gasteiger partial charge in [-0.2, -0.15) is 0 Å². The summed E-state index contributed by atoms with van der Waals surface area (Å²) < 4.78 is 4.57. The van der Waals surface area contributed by atoms with E-state index in [1.54, 1.807) is 0 Å². The summed E-state index contributed by atoms with van der Waals surface area (Å²) in [5.41, 5.74) is 1.03. The highest BCUT2D eigenvalue weighted by molar-refractivity contribution is 5.95. The number of Topliss-reactive ketones (excluding diaryl/α,β-unsaturated/α-hetero) is 1. The Morgan fingerprint density at radius 2 is 2.06 bits per heavy atom. The van der Waals surface area contributed by atoms with Crippen LogP contribution in [0.3, 0.4) is 0 Å². The van der Waals surface area contributed by atoms with E-state index in [0.29, 0.717) is 12.2 Å². The first-order valence-corrected chi connectivity index (χ1v) is 6.53. The molecule has 0 saturated carbocycles. The molecule has 0 bridgehead atoms. The van der Waals surface area contributed by atoms with Crippen LogP contribution in [0.15, 0.2) is 11.6 Å². The van der Waals surface area contributed by atoms with Gasteiger partial charge in [0.2, 0.25) is 0 Å². The predicted octanol–water partition coefficient (Wildman–Crippen LogP) is 3.18. The van der Waals surface area contributed by atoms with Crippen molar-refractivity contribution < 1.29 is 14.3 Å². The van der Waals surface area contributed by atoms with E-state index < -0.39 is 0 Å². The fourth-order valence-corrected chi connectivity index (χ4v) is 2.10. The van der Waals surface area contributed by atoms with Gasteiger partial charge in [-0.3, -0.25) is 9.59 Å². The molecule has 17 heavy (non-hydrogen) atoms. The molecule has 3 heteroatoms. The number of unbranched alkanes of at least 4 members (excludes halogenated alkanes) is 3. The molecule has 0 aromatic heterocycles. The smallest absolute Gasteiger partial charge is 0.305 e. The monoisotopic (exact) mass is 238 g/mol. The van der Waals surface area contributed by atoms with Crippen molar-refractivity contribution in [1.29, 1.82) is 0 Å². The number of carbonyl (C=O) groups excluding carboxylic acids is 2. The Morgan fingerprint density at radius 1 is 1.29 bits per heavy atom. The third kappa shape index (κ3) is 5.66. The molecule has 0 atom stereocenters. The molecule has 0 aromatic rings. The first-order chi connectivity index (χ1) is 8.24. The molecule has 0 aromatic carbocycles. The first kappa shape index (κ1) is 13.9. The zero-order valence-corrected chi connectivity index (χ0v) is 10.7. The molecule has 0 radical (unpaired) electrons. The minimum atomic E-state index is -0.129. The zero-order chi connectivity index (χ0) is 12.5. The van der Waals surface area contributed by atoms with Crippen molar-refractivity contribution in [3.05, 3.63) is 11.6 Å². The number of ether oxygens (including phenoxy) is 1. The molecular weight excluding hydrogens is 216 g/mol. The zero-order valence-electron chi connectivity index (χ0n) is 10.7. The minimum Gasteiger partial charge on any atom is -0.469 e. The maximum absolute atomic E-state index is 11.5. The van der Waals surface area contributed by atoms with Crippen LogP contribution in [0, 0.1) is 0 Å². The highest BCUT2D eigenvalue weighted by Gasteiger charge is 2.12. The molecule has 0 unspecified atom stereocenters. The van der Waals surface area contributed by atoms with Crippen molar-refractivity contribution in [3.8, 4) is 0 Å². The summed E-state index contributed by atoms with van der Waals surface area (Å²) in [6.07, 6.45) is 10.4. The maximum Gasteiger partial charge on any atom is 0.305 e. The van der Waals surface area contributed by atoms with Crippen LogP contribution >= 0.6 is 0 Å². The Balaban J connectivity index is 2.02. The number of allylic oxidation sites excluding steroid dienone is 2. The largest absolute Gasteiger partial charge is 0.469 e. The summed E-state index contributed by atoms with van der Waals surface area (Å²) in [5.74, 6) is 0.209. The minimum absolute atomic E-state index is 0.129. The van der Waals surface area contributed by atoms with E-state index in [4.69, 9.17) is 0 Å². The second kappa shape index (κ2) is 8.04. The molecule has 3 nitrogen and oxygen atoms in total. The Kier molecular flexibility index (Phi) is 6.60. The molecule has 96 valence electrons. The molecule has 0 heterocycles. The maximum atomic E-state index is 11.5. The van der Waals surface area contributed by atoms with Gasteiger partial charge in [0, 0.05) is 12.8 Å². The lowest BCUT2D eigenvalue weighted by Crippen LogP contribution is -2.06. The average molecular weight is 238 g/mol. The second-order valence-corrected chi connectivity index (χ2v) is 4.54. The number of carbonyl (C=O) groups is 2. The summed E-state index contributed by atoms with van der Waals surface area (Å²) in [6.45, 7) is 0. The van der Waals surface area contributed by atoms with E-state index in [2.05, 4.69) is 10.8 Å². The van der Waals surface area contributed by atoms with Crippen molar-refractivity contribution in [2.75, 3.05) is 7.11 Å². The van der Waals surface area contributed by atoms with E-state index in [-0.39, 0.29) is 5.97 Å². The normalized spacial score (nSPS) is 15.6. The number of rotatable bonds is 7. The molecule has 0 spiro atoms. The molecule has 0 amide bonds. The molecule has 1 rings (SSSR count). The summed E-state index contributed by atoms with van der Waals surface area (Å²) in [7, 11) is 1.42. The van der Waals surface area contributed by atoms with Gasteiger partial charge in [0.05, 0.1) is 7.11 Å². The van der Waals surface area contributed by atoms with Gasteiger partial charge in [0.25, 0.3) is 0 Å². The van der Waals surface area contributed by atoms with Crippen LogP contribution in [0.5, 0.6) is 0 Å². The summed E-state index contributed by atoms with van der Waals surface area (Å²) in [5, 5.41) is 0. The van der Waals surface area contributed by atoms with E-state index in [0.717, 1.165) is 56.9 Å². The van der Waals surface area contributed by atoms with Crippen LogP contribution in [-0.2, 0) is 14.3 Å². The van der Waals surface area contributed by atoms with Gasteiger partial charge < -0.3 is 4.74 Å². The molecule has 1 aliphatic carbocycles. The highest BCUT2D eigenvalue weighted by atomic mass is 16.5. The third-order valence-electron chi connectivity index (χ3n) is 3.16. The van der Waals surface area contributed by atoms with Crippen molar-refractivity contribution >= 4 is 11.8 Å². The molecular formula is C14H22O3. The molecule has 0 saturated heterocycles. The topological polar surface area (TPSA) is 43.4 Å². The van der Waals surface area contributed by atoms with Crippen LogP contribution in [0.2, 0.25) is 0 Å². The lowest BCUT2D eigenvalue weighted by molar-refractivity contribution is -0.140. The first-order valence-electron chi connectivity index (χ1n) is 6.53. The summed E-state index contributed by atoms with van der Waals surface area (Å²) in [4.78, 5) is 22.4. The van der Waals surface area contributed by atoms with Crippen molar-refractivity contribution in [2.24, 2.45) is 0 Å². The van der Waals surface area contributed by atoms with E-state index in [1.165, 1.54) is 7.11 Å². The van der Waals surface area contributed by atoms with Crippen LogP contribution in [-0.4, -0.2) is 18.9 Å². The van der Waals surface area contributed by atoms with Crippen LogP contribution in [0.4, 0.5) is 0 Å². The van der Waals surface area contributed by atoms with E-state index >= 15 is 0 Å². The van der Waals surface area contributed by atoms with Gasteiger partial charge in [0.15, 0.2) is 5.78 Å². The van der Waals surface area contributed by atoms with Crippen molar-refractivity contribution in [2.45, 2.75) is 57.8 Å². The molecule has 1 aliphatic rings. The number of methoxy groups -OCH3 is 1. The summed E-state index contributed by atoms with van der Waals surface area (Å²) >= 11 is 0. The fourth-order valence-electron chi connectivity index (χ4n) is 2.10. The third-order valence-corrected chi connectivity index (χ3v) is 3.16. The lowest BCUT2D eigenvalue weighted by atomic mass is 9.94.